The Morgan fingerprint density at radius 2 is 1.33 bits per heavy atom. The van der Waals surface area contributed by atoms with Crippen LogP contribution in [0, 0.1) is 5.41 Å². The molecule has 2 nitrogen and oxygen atoms in total. The smallest absolute Gasteiger partial charge is 0.0634 e. The van der Waals surface area contributed by atoms with E-state index in [9.17, 15) is 0 Å². The van der Waals surface area contributed by atoms with Gasteiger partial charge in [-0.25, -0.2) is 0 Å². The number of nitrogens with two attached hydrogens (primary N) is 1. The SMILES string of the molecule is CCC(C)(N)NC(C)(CC)C(C)(C)CC. The molecule has 15 heavy (non-hydrogen) atoms. The molecule has 2 unspecified atom stereocenters. The van der Waals surface area contributed by atoms with Crippen LogP contribution in [0.2, 0.25) is 0 Å². The monoisotopic (exact) mass is 214 g/mol. The van der Waals surface area contributed by atoms with Gasteiger partial charge < -0.3 is 5.73 Å². The van der Waals surface area contributed by atoms with Crippen molar-refractivity contribution in [2.45, 2.75) is 78.9 Å². The first-order valence-electron chi connectivity index (χ1n) is 6.22. The van der Waals surface area contributed by atoms with Crippen molar-refractivity contribution in [1.82, 2.24) is 5.32 Å². The Morgan fingerprint density at radius 3 is 1.60 bits per heavy atom. The highest BCUT2D eigenvalue weighted by Gasteiger charge is 2.41. The van der Waals surface area contributed by atoms with Crippen LogP contribution < -0.4 is 11.1 Å². The van der Waals surface area contributed by atoms with Crippen molar-refractivity contribution in [2.24, 2.45) is 11.1 Å². The minimum Gasteiger partial charge on any atom is -0.314 e. The molecule has 3 N–H and O–H groups in total. The molecule has 0 aromatic heterocycles. The zero-order valence-electron chi connectivity index (χ0n) is 11.7. The minimum absolute atomic E-state index is 0.0985. The third kappa shape index (κ3) is 3.46. The zero-order valence-corrected chi connectivity index (χ0v) is 11.7. The molecule has 0 saturated heterocycles. The molecule has 2 heteroatoms. The Balaban J connectivity index is 4.87. The van der Waals surface area contributed by atoms with Gasteiger partial charge in [-0.3, -0.25) is 5.32 Å². The quantitative estimate of drug-likeness (QED) is 0.666. The van der Waals surface area contributed by atoms with Gasteiger partial charge in [-0.2, -0.15) is 0 Å². The highest BCUT2D eigenvalue weighted by Crippen LogP contribution is 2.37. The van der Waals surface area contributed by atoms with Crippen LogP contribution in [0.5, 0.6) is 0 Å². The lowest BCUT2D eigenvalue weighted by atomic mass is 9.69. The van der Waals surface area contributed by atoms with Gasteiger partial charge in [-0.05, 0) is 38.5 Å². The summed E-state index contributed by atoms with van der Waals surface area (Å²) in [5, 5.41) is 3.64. The van der Waals surface area contributed by atoms with E-state index in [-0.39, 0.29) is 16.6 Å². The van der Waals surface area contributed by atoms with Gasteiger partial charge in [0, 0.05) is 5.54 Å². The van der Waals surface area contributed by atoms with Gasteiger partial charge in [0.25, 0.3) is 0 Å². The van der Waals surface area contributed by atoms with Gasteiger partial charge >= 0.3 is 0 Å². The summed E-state index contributed by atoms with van der Waals surface area (Å²) in [6, 6.07) is 0. The first kappa shape index (κ1) is 14.9. The number of nitrogens with one attached hydrogen (secondary N) is 1. The van der Waals surface area contributed by atoms with E-state index >= 15 is 0 Å². The first-order valence-corrected chi connectivity index (χ1v) is 6.22. The second kappa shape index (κ2) is 4.84. The van der Waals surface area contributed by atoms with E-state index in [2.05, 4.69) is 53.8 Å². The van der Waals surface area contributed by atoms with Crippen molar-refractivity contribution in [1.29, 1.82) is 0 Å². The van der Waals surface area contributed by atoms with Crippen LogP contribution in [0.15, 0.2) is 0 Å². The van der Waals surface area contributed by atoms with Gasteiger partial charge in [-0.1, -0.05) is 34.6 Å². The fourth-order valence-corrected chi connectivity index (χ4v) is 1.84. The first-order chi connectivity index (χ1) is 6.64. The summed E-state index contributed by atoms with van der Waals surface area (Å²) in [5.41, 5.74) is 6.31. The molecule has 0 aromatic carbocycles. The topological polar surface area (TPSA) is 38.0 Å². The van der Waals surface area contributed by atoms with Crippen LogP contribution in [0.1, 0.15) is 67.7 Å². The summed E-state index contributed by atoms with van der Waals surface area (Å²) in [4.78, 5) is 0. The van der Waals surface area contributed by atoms with Gasteiger partial charge in [-0.15, -0.1) is 0 Å². The molecule has 0 aliphatic heterocycles. The Labute approximate surface area is 96.0 Å². The highest BCUT2D eigenvalue weighted by molar-refractivity contribution is 4.98. The van der Waals surface area contributed by atoms with Crippen LogP contribution >= 0.6 is 0 Å². The second-order valence-electron chi connectivity index (χ2n) is 5.82. The molecular weight excluding hydrogens is 184 g/mol. The van der Waals surface area contributed by atoms with E-state index in [0.717, 1.165) is 19.3 Å². The average Bonchev–Trinajstić information content (AvgIpc) is 2.16. The largest absolute Gasteiger partial charge is 0.314 e. The minimum atomic E-state index is -0.267. The lowest BCUT2D eigenvalue weighted by Crippen LogP contribution is -2.64. The second-order valence-corrected chi connectivity index (χ2v) is 5.82. The molecular formula is C13H30N2. The van der Waals surface area contributed by atoms with Crippen LogP contribution in [-0.4, -0.2) is 11.2 Å². The fourth-order valence-electron chi connectivity index (χ4n) is 1.84. The molecule has 0 aliphatic carbocycles. The summed E-state index contributed by atoms with van der Waals surface area (Å²) >= 11 is 0. The van der Waals surface area contributed by atoms with E-state index < -0.39 is 0 Å². The van der Waals surface area contributed by atoms with Gasteiger partial charge in [0.1, 0.15) is 0 Å². The summed E-state index contributed by atoms with van der Waals surface area (Å²) in [6.07, 6.45) is 3.20. The molecule has 0 heterocycles. The summed E-state index contributed by atoms with van der Waals surface area (Å²) in [5.74, 6) is 0. The standard InChI is InChI=1S/C13H30N2/c1-8-11(4,5)12(6,9-2)15-13(7,14)10-3/h15H,8-10,14H2,1-7H3. The molecule has 0 spiro atoms. The molecule has 0 saturated carbocycles. The number of hydrogen-bond donors (Lipinski definition) is 2. The normalized spacial score (nSPS) is 20.8. The van der Waals surface area contributed by atoms with Gasteiger partial charge in [0.05, 0.1) is 5.66 Å². The molecule has 0 rings (SSSR count). The average molecular weight is 214 g/mol. The Hall–Kier alpha value is -0.0800. The van der Waals surface area contributed by atoms with E-state index in [1.807, 2.05) is 0 Å². The third-order valence-electron chi connectivity index (χ3n) is 4.38. The highest BCUT2D eigenvalue weighted by atomic mass is 15.1. The molecule has 0 aliphatic rings. The maximum atomic E-state index is 6.22. The van der Waals surface area contributed by atoms with Gasteiger partial charge in [0.2, 0.25) is 0 Å². The zero-order chi connectivity index (χ0) is 12.3. The lowest BCUT2D eigenvalue weighted by molar-refractivity contribution is 0.0836. The maximum Gasteiger partial charge on any atom is 0.0634 e. The molecule has 0 aromatic rings. The Bertz CT molecular complexity index is 197. The molecule has 92 valence electrons. The van der Waals surface area contributed by atoms with Crippen LogP contribution in [0.4, 0.5) is 0 Å². The van der Waals surface area contributed by atoms with Crippen LogP contribution in [0.25, 0.3) is 0 Å². The maximum absolute atomic E-state index is 6.22. The predicted molar refractivity (Wildman–Crippen MR) is 68.8 cm³/mol. The van der Waals surface area contributed by atoms with E-state index in [1.165, 1.54) is 0 Å². The molecule has 2 atom stereocenters. The fraction of sp³-hybridized carbons (Fsp3) is 1.00. The molecule has 0 fully saturated rings. The predicted octanol–water partition coefficient (Wildman–Crippen LogP) is 3.27. The van der Waals surface area contributed by atoms with Crippen LogP contribution in [-0.2, 0) is 0 Å². The number of rotatable bonds is 6. The summed E-state index contributed by atoms with van der Waals surface area (Å²) < 4.78 is 0. The number of hydrogen-bond acceptors (Lipinski definition) is 2. The lowest BCUT2D eigenvalue weighted by Gasteiger charge is -2.48. The van der Waals surface area contributed by atoms with Crippen molar-refractivity contribution < 1.29 is 0 Å². The van der Waals surface area contributed by atoms with E-state index in [4.69, 9.17) is 5.73 Å². The van der Waals surface area contributed by atoms with Crippen molar-refractivity contribution in [3.8, 4) is 0 Å². The molecule has 0 amide bonds. The molecule has 0 bridgehead atoms. The van der Waals surface area contributed by atoms with Crippen molar-refractivity contribution in [2.75, 3.05) is 0 Å². The summed E-state index contributed by atoms with van der Waals surface area (Å²) in [6.45, 7) is 15.6. The molecule has 0 radical (unpaired) electrons. The van der Waals surface area contributed by atoms with Crippen molar-refractivity contribution in [3.63, 3.8) is 0 Å². The van der Waals surface area contributed by atoms with Gasteiger partial charge in [0.15, 0.2) is 0 Å². The third-order valence-corrected chi connectivity index (χ3v) is 4.38. The van der Waals surface area contributed by atoms with Crippen LogP contribution in [0.3, 0.4) is 0 Å². The Kier molecular flexibility index (Phi) is 4.81. The van der Waals surface area contributed by atoms with Crippen molar-refractivity contribution in [3.05, 3.63) is 0 Å². The summed E-state index contributed by atoms with van der Waals surface area (Å²) in [7, 11) is 0. The van der Waals surface area contributed by atoms with Crippen molar-refractivity contribution >= 4 is 0 Å². The van der Waals surface area contributed by atoms with E-state index in [1.54, 1.807) is 0 Å². The van der Waals surface area contributed by atoms with E-state index in [0.29, 0.717) is 0 Å². The Morgan fingerprint density at radius 1 is 0.867 bits per heavy atom.